The van der Waals surface area contributed by atoms with Crippen LogP contribution >= 0.6 is 23.8 Å². The van der Waals surface area contributed by atoms with Crippen molar-refractivity contribution in [3.05, 3.63) is 56.7 Å². The van der Waals surface area contributed by atoms with Crippen LogP contribution in [0.2, 0.25) is 0 Å². The molecule has 0 saturated carbocycles. The number of hydrogen-bond acceptors (Lipinski definition) is 10. The van der Waals surface area contributed by atoms with Gasteiger partial charge in [-0.2, -0.15) is 4.98 Å². The fourth-order valence-corrected chi connectivity index (χ4v) is 6.11. The van der Waals surface area contributed by atoms with Crippen LogP contribution in [0.1, 0.15) is 31.2 Å². The number of nitrogens with two attached hydrogens (primary N) is 1. The van der Waals surface area contributed by atoms with Crippen LogP contribution in [0.5, 0.6) is 0 Å². The molecule has 2 aliphatic rings. The number of ether oxygens (including phenoxy) is 1. The molecule has 2 aromatic heterocycles. The van der Waals surface area contributed by atoms with Crippen LogP contribution < -0.4 is 11.3 Å². The number of nitrogen functional groups attached to an aromatic ring is 1. The van der Waals surface area contributed by atoms with E-state index in [1.165, 1.54) is 42.0 Å². The largest absolute Gasteiger partial charge is 0.475 e. The van der Waals surface area contributed by atoms with E-state index in [4.69, 9.17) is 24.0 Å². The van der Waals surface area contributed by atoms with Crippen molar-refractivity contribution in [1.29, 1.82) is 0 Å². The summed E-state index contributed by atoms with van der Waals surface area (Å²) in [6.45, 7) is 0.847. The fraction of sp³-hybridized carbons (Fsp3) is 0.429. The molecule has 12 nitrogen and oxygen atoms in total. The molecule has 2 fully saturated rings. The third-order valence-electron chi connectivity index (χ3n) is 6.19. The molecule has 0 unspecified atom stereocenters. The summed E-state index contributed by atoms with van der Waals surface area (Å²) in [7, 11) is -4.16. The van der Waals surface area contributed by atoms with E-state index in [2.05, 4.69) is 25.9 Å². The van der Waals surface area contributed by atoms with E-state index >= 15 is 0 Å². The minimum atomic E-state index is -4.16. The van der Waals surface area contributed by atoms with Crippen LogP contribution in [0.25, 0.3) is 11.0 Å². The van der Waals surface area contributed by atoms with Gasteiger partial charge in [0.1, 0.15) is 23.6 Å². The number of benzene rings is 1. The molecule has 6 atom stereocenters. The second kappa shape index (κ2) is 9.30. The van der Waals surface area contributed by atoms with E-state index in [1.54, 1.807) is 0 Å². The second-order valence-corrected chi connectivity index (χ2v) is 11.3. The lowest BCUT2D eigenvalue weighted by molar-refractivity contribution is -0.0950. The lowest BCUT2D eigenvalue weighted by Gasteiger charge is -2.30. The number of aliphatic hydroxyl groups is 2. The third-order valence-corrected chi connectivity index (χ3v) is 8.16. The third kappa shape index (κ3) is 4.52. The van der Waals surface area contributed by atoms with E-state index in [-0.39, 0.29) is 35.6 Å². The van der Waals surface area contributed by atoms with E-state index < -0.39 is 55.9 Å². The van der Waals surface area contributed by atoms with E-state index in [9.17, 15) is 24.0 Å². The number of phosphoric acid groups is 1. The molecule has 2 saturated heterocycles. The Kier molecular flexibility index (Phi) is 6.58. The molecule has 36 heavy (non-hydrogen) atoms. The number of nitrogens with zero attached hydrogens (tertiary/aromatic N) is 2. The van der Waals surface area contributed by atoms with Crippen LogP contribution in [0.4, 0.5) is 10.3 Å². The van der Waals surface area contributed by atoms with Gasteiger partial charge in [-0.05, 0) is 31.2 Å². The van der Waals surface area contributed by atoms with Gasteiger partial charge in [0.25, 0.3) is 5.56 Å². The number of phosphoric ester groups is 1. The van der Waals surface area contributed by atoms with Crippen LogP contribution in [-0.4, -0.2) is 55.8 Å². The quantitative estimate of drug-likeness (QED) is 0.324. The van der Waals surface area contributed by atoms with Crippen molar-refractivity contribution < 1.29 is 37.5 Å². The predicted molar refractivity (Wildman–Crippen MR) is 127 cm³/mol. The van der Waals surface area contributed by atoms with Gasteiger partial charge in [-0.1, -0.05) is 15.9 Å². The number of fused-ring (bicyclic) bond motifs is 1. The van der Waals surface area contributed by atoms with Gasteiger partial charge in [0.2, 0.25) is 5.95 Å². The van der Waals surface area contributed by atoms with Crippen molar-refractivity contribution in [3.63, 3.8) is 0 Å². The summed E-state index contributed by atoms with van der Waals surface area (Å²) in [6.07, 6.45) is -3.01. The fourth-order valence-electron chi connectivity index (χ4n) is 4.34. The van der Waals surface area contributed by atoms with Gasteiger partial charge in [-0.15, -0.1) is 0 Å². The zero-order chi connectivity index (χ0) is 25.8. The number of aromatic amines is 1. The Morgan fingerprint density at radius 3 is 3.00 bits per heavy atom. The molecule has 0 spiro atoms. The molecule has 15 heteroatoms. The average molecular weight is 589 g/mol. The molecule has 5 N–H and O–H groups in total. The summed E-state index contributed by atoms with van der Waals surface area (Å²) in [5, 5.41) is 22.0. The van der Waals surface area contributed by atoms with Crippen LogP contribution in [-0.2, 0) is 22.9 Å². The predicted octanol–water partition coefficient (Wildman–Crippen LogP) is 2.52. The summed E-state index contributed by atoms with van der Waals surface area (Å²) < 4.78 is 51.4. The number of anilines is 1. The normalized spacial score (nSPS) is 32.8. The molecular weight excluding hydrogens is 566 g/mol. The number of nitrogens with one attached hydrogen (secondary N) is 1. The standard InChI is InChI=1S/C21H23BrFN4O8P/c1-21(30)16(28)15(34-19(21)27-6-4-11-17(27)25-20(24)26-18(11)29)9-33-36(31)32-7-5-14(35-36)12-8-10(22)2-3-13(12)23/h2-4,6,8,14-16,19,28,30H,5,7,9H2,1H3,(H3,24,25,26,29)/t14-,15+,16+,19+,21+,36+/m0/s1. The minimum absolute atomic E-state index is 0.0146. The number of rotatable bonds is 5. The first kappa shape index (κ1) is 25.5. The highest BCUT2D eigenvalue weighted by atomic mass is 79.9. The van der Waals surface area contributed by atoms with Crippen molar-refractivity contribution in [3.8, 4) is 0 Å². The SMILES string of the molecule is C[C@@]1(O)[C@H](O)[C@@H](CO[P@@]2(=O)OCC[C@@H](c3cc(Br)ccc3F)O2)O[C@H]1n1ccc2c(=O)[nH]c(N)nc21. The molecule has 194 valence electrons. The molecule has 5 rings (SSSR count). The number of H-pyrrole nitrogens is 1. The van der Waals surface area contributed by atoms with Crippen LogP contribution in [0, 0.1) is 5.82 Å². The zero-order valence-electron chi connectivity index (χ0n) is 18.8. The summed E-state index contributed by atoms with van der Waals surface area (Å²) in [5.41, 5.74) is 3.65. The molecule has 0 amide bonds. The Bertz CT molecular complexity index is 1410. The van der Waals surface area contributed by atoms with Gasteiger partial charge in [0, 0.05) is 22.7 Å². The monoisotopic (exact) mass is 588 g/mol. The Labute approximate surface area is 211 Å². The van der Waals surface area contributed by atoms with Crippen LogP contribution in [0.15, 0.2) is 39.7 Å². The smallest absolute Gasteiger partial charge is 0.387 e. The van der Waals surface area contributed by atoms with Crippen molar-refractivity contribution in [2.45, 2.75) is 43.5 Å². The Morgan fingerprint density at radius 1 is 1.44 bits per heavy atom. The van der Waals surface area contributed by atoms with E-state index in [0.717, 1.165) is 0 Å². The number of hydrogen-bond donors (Lipinski definition) is 4. The lowest BCUT2D eigenvalue weighted by atomic mass is 9.96. The molecule has 0 aliphatic carbocycles. The molecule has 1 aromatic carbocycles. The lowest BCUT2D eigenvalue weighted by Crippen LogP contribution is -2.44. The molecule has 0 radical (unpaired) electrons. The highest BCUT2D eigenvalue weighted by Crippen LogP contribution is 2.57. The Hall–Kier alpha value is -2.16. The van der Waals surface area contributed by atoms with Crippen molar-refractivity contribution in [2.75, 3.05) is 18.9 Å². The second-order valence-electron chi connectivity index (χ2n) is 8.73. The van der Waals surface area contributed by atoms with Gasteiger partial charge < -0.3 is 25.3 Å². The molecular formula is C21H23BrFN4O8P. The van der Waals surface area contributed by atoms with Crippen molar-refractivity contribution in [1.82, 2.24) is 14.5 Å². The van der Waals surface area contributed by atoms with Crippen molar-refractivity contribution >= 4 is 40.7 Å². The number of aromatic nitrogens is 3. The first-order valence-corrected chi connectivity index (χ1v) is 13.2. The highest BCUT2D eigenvalue weighted by Gasteiger charge is 2.54. The first-order chi connectivity index (χ1) is 17.0. The number of halogens is 2. The minimum Gasteiger partial charge on any atom is -0.387 e. The topological polar surface area (TPSA) is 171 Å². The van der Waals surface area contributed by atoms with Gasteiger partial charge in [0.15, 0.2) is 11.9 Å². The maximum Gasteiger partial charge on any atom is 0.475 e. The van der Waals surface area contributed by atoms with E-state index in [1.807, 2.05) is 0 Å². The molecule has 0 bridgehead atoms. The van der Waals surface area contributed by atoms with E-state index in [0.29, 0.717) is 4.47 Å². The number of aliphatic hydroxyl groups excluding tert-OH is 1. The first-order valence-electron chi connectivity index (χ1n) is 10.9. The Balaban J connectivity index is 1.33. The maximum atomic E-state index is 14.3. The Morgan fingerprint density at radius 2 is 2.22 bits per heavy atom. The zero-order valence-corrected chi connectivity index (χ0v) is 21.3. The summed E-state index contributed by atoms with van der Waals surface area (Å²) >= 11 is 3.27. The van der Waals surface area contributed by atoms with Gasteiger partial charge in [0.05, 0.1) is 24.7 Å². The average Bonchev–Trinajstić information content (AvgIpc) is 3.32. The maximum absolute atomic E-state index is 14.3. The van der Waals surface area contributed by atoms with Crippen molar-refractivity contribution in [2.24, 2.45) is 0 Å². The van der Waals surface area contributed by atoms with Gasteiger partial charge in [-0.25, -0.2) is 8.96 Å². The molecule has 4 heterocycles. The van der Waals surface area contributed by atoms with Gasteiger partial charge >= 0.3 is 7.82 Å². The molecule has 2 aliphatic heterocycles. The molecule has 3 aromatic rings. The summed E-state index contributed by atoms with van der Waals surface area (Å²) in [6, 6.07) is 5.79. The summed E-state index contributed by atoms with van der Waals surface area (Å²) in [4.78, 5) is 18.6. The van der Waals surface area contributed by atoms with Crippen LogP contribution in [0.3, 0.4) is 0 Å². The summed E-state index contributed by atoms with van der Waals surface area (Å²) in [5.74, 6) is -0.663. The van der Waals surface area contributed by atoms with Gasteiger partial charge in [-0.3, -0.25) is 23.3 Å². The highest BCUT2D eigenvalue weighted by molar-refractivity contribution is 9.10.